The molecule has 2 aliphatic heterocycles. The van der Waals surface area contributed by atoms with Gasteiger partial charge in [0.25, 0.3) is 0 Å². The van der Waals surface area contributed by atoms with Gasteiger partial charge in [0.15, 0.2) is 0 Å². The standard InChI is InChI=1S/C16H25N3O2S.2ClH/c1-11(2)14-10-22-15(18-14)12-4-3-6-19(8-12)16(20)13-9-21-7-5-17-13;;/h10-13,17H,3-9H2,1-2H3;2*1H. The highest BCUT2D eigenvalue weighted by atomic mass is 35.5. The smallest absolute Gasteiger partial charge is 0.242 e. The van der Waals surface area contributed by atoms with Gasteiger partial charge in [0.1, 0.15) is 6.04 Å². The first-order chi connectivity index (χ1) is 10.6. The molecule has 2 aliphatic rings. The van der Waals surface area contributed by atoms with Gasteiger partial charge in [-0.1, -0.05) is 13.8 Å². The number of carbonyl (C=O) groups is 1. The van der Waals surface area contributed by atoms with Crippen LogP contribution in [0.3, 0.4) is 0 Å². The SMILES string of the molecule is CC(C)c1csc(C2CCCN(C(=O)C3COCCN3)C2)n1.Cl.Cl. The normalized spacial score (nSPS) is 24.2. The number of aromatic nitrogens is 1. The van der Waals surface area contributed by atoms with E-state index in [1.165, 1.54) is 10.7 Å². The van der Waals surface area contributed by atoms with Gasteiger partial charge in [0.05, 0.1) is 23.9 Å². The number of piperidine rings is 1. The average molecular weight is 396 g/mol. The lowest BCUT2D eigenvalue weighted by Gasteiger charge is -2.35. The molecule has 0 spiro atoms. The highest BCUT2D eigenvalue weighted by molar-refractivity contribution is 7.09. The first-order valence-electron chi connectivity index (χ1n) is 8.20. The number of thiazole rings is 1. The minimum Gasteiger partial charge on any atom is -0.378 e. The van der Waals surface area contributed by atoms with Crippen molar-refractivity contribution in [2.45, 2.75) is 44.6 Å². The minimum atomic E-state index is -0.171. The fourth-order valence-corrected chi connectivity index (χ4v) is 4.19. The molecular weight excluding hydrogens is 369 g/mol. The van der Waals surface area contributed by atoms with Crippen molar-refractivity contribution in [2.24, 2.45) is 0 Å². The molecule has 24 heavy (non-hydrogen) atoms. The Bertz CT molecular complexity index is 521. The van der Waals surface area contributed by atoms with Gasteiger partial charge >= 0.3 is 0 Å². The number of nitrogens with one attached hydrogen (secondary N) is 1. The van der Waals surface area contributed by atoms with Gasteiger partial charge in [-0.05, 0) is 18.8 Å². The van der Waals surface area contributed by atoms with Crippen LogP contribution in [0.15, 0.2) is 5.38 Å². The van der Waals surface area contributed by atoms with Crippen LogP contribution in [0, 0.1) is 0 Å². The first-order valence-corrected chi connectivity index (χ1v) is 9.08. The summed E-state index contributed by atoms with van der Waals surface area (Å²) in [4.78, 5) is 19.4. The van der Waals surface area contributed by atoms with E-state index in [0.29, 0.717) is 25.0 Å². The van der Waals surface area contributed by atoms with E-state index in [9.17, 15) is 4.79 Å². The van der Waals surface area contributed by atoms with Gasteiger partial charge in [-0.15, -0.1) is 36.2 Å². The minimum absolute atomic E-state index is 0. The number of morpholine rings is 1. The summed E-state index contributed by atoms with van der Waals surface area (Å²) >= 11 is 1.74. The summed E-state index contributed by atoms with van der Waals surface area (Å²) in [5.41, 5.74) is 1.17. The number of amides is 1. The third kappa shape index (κ3) is 5.05. The topological polar surface area (TPSA) is 54.5 Å². The summed E-state index contributed by atoms with van der Waals surface area (Å²) in [7, 11) is 0. The Labute approximate surface area is 160 Å². The summed E-state index contributed by atoms with van der Waals surface area (Å²) in [6, 6.07) is -0.171. The summed E-state index contributed by atoms with van der Waals surface area (Å²) in [6.45, 7) is 7.95. The monoisotopic (exact) mass is 395 g/mol. The molecule has 2 saturated heterocycles. The Morgan fingerprint density at radius 1 is 1.46 bits per heavy atom. The summed E-state index contributed by atoms with van der Waals surface area (Å²) < 4.78 is 5.41. The zero-order valence-electron chi connectivity index (χ0n) is 14.2. The Hall–Kier alpha value is -0.400. The molecule has 0 aliphatic carbocycles. The molecule has 0 radical (unpaired) electrons. The van der Waals surface area contributed by atoms with Crippen LogP contribution in [0.25, 0.3) is 0 Å². The van der Waals surface area contributed by atoms with E-state index in [1.807, 2.05) is 4.90 Å². The molecule has 1 aromatic rings. The maximum absolute atomic E-state index is 12.6. The Kier molecular flexibility index (Phi) is 8.95. The molecule has 3 rings (SSSR count). The zero-order chi connectivity index (χ0) is 15.5. The highest BCUT2D eigenvalue weighted by Crippen LogP contribution is 2.31. The summed E-state index contributed by atoms with van der Waals surface area (Å²) in [6.07, 6.45) is 2.18. The lowest BCUT2D eigenvalue weighted by Crippen LogP contribution is -2.54. The van der Waals surface area contributed by atoms with E-state index in [0.717, 1.165) is 32.5 Å². The van der Waals surface area contributed by atoms with E-state index in [2.05, 4.69) is 24.5 Å². The van der Waals surface area contributed by atoms with Crippen molar-refractivity contribution >= 4 is 42.1 Å². The van der Waals surface area contributed by atoms with Gasteiger partial charge in [0, 0.05) is 30.9 Å². The molecule has 2 fully saturated rings. The van der Waals surface area contributed by atoms with Crippen molar-refractivity contribution in [3.63, 3.8) is 0 Å². The molecule has 138 valence electrons. The lowest BCUT2D eigenvalue weighted by atomic mass is 9.98. The predicted octanol–water partition coefficient (Wildman–Crippen LogP) is 2.80. The molecule has 0 saturated carbocycles. The zero-order valence-corrected chi connectivity index (χ0v) is 16.6. The molecule has 1 N–H and O–H groups in total. The van der Waals surface area contributed by atoms with E-state index in [-0.39, 0.29) is 36.8 Å². The van der Waals surface area contributed by atoms with Crippen molar-refractivity contribution in [3.05, 3.63) is 16.1 Å². The summed E-state index contributed by atoms with van der Waals surface area (Å²) in [5, 5.41) is 6.61. The second-order valence-corrected chi connectivity index (χ2v) is 7.36. The van der Waals surface area contributed by atoms with Crippen LogP contribution in [0.2, 0.25) is 0 Å². The van der Waals surface area contributed by atoms with Crippen LogP contribution in [-0.2, 0) is 9.53 Å². The van der Waals surface area contributed by atoms with E-state index in [4.69, 9.17) is 9.72 Å². The van der Waals surface area contributed by atoms with Gasteiger partial charge in [-0.2, -0.15) is 0 Å². The molecule has 3 heterocycles. The number of hydrogen-bond donors (Lipinski definition) is 1. The maximum atomic E-state index is 12.6. The van der Waals surface area contributed by atoms with Crippen molar-refractivity contribution in [2.75, 3.05) is 32.8 Å². The van der Waals surface area contributed by atoms with Gasteiger partial charge in [-0.25, -0.2) is 4.98 Å². The highest BCUT2D eigenvalue weighted by Gasteiger charge is 2.31. The molecule has 2 atom stereocenters. The average Bonchev–Trinajstić information content (AvgIpc) is 3.05. The molecule has 1 aromatic heterocycles. The predicted molar refractivity (Wildman–Crippen MR) is 102 cm³/mol. The number of carbonyl (C=O) groups excluding carboxylic acids is 1. The third-order valence-corrected chi connectivity index (χ3v) is 5.46. The van der Waals surface area contributed by atoms with Crippen LogP contribution in [-0.4, -0.2) is 54.7 Å². The second-order valence-electron chi connectivity index (χ2n) is 6.47. The fourth-order valence-electron chi connectivity index (χ4n) is 3.08. The van der Waals surface area contributed by atoms with Crippen molar-refractivity contribution in [3.8, 4) is 0 Å². The summed E-state index contributed by atoms with van der Waals surface area (Å²) in [5.74, 6) is 1.04. The van der Waals surface area contributed by atoms with E-state index < -0.39 is 0 Å². The van der Waals surface area contributed by atoms with Crippen molar-refractivity contribution in [1.29, 1.82) is 0 Å². The second kappa shape index (κ2) is 9.92. The van der Waals surface area contributed by atoms with Crippen LogP contribution in [0.4, 0.5) is 0 Å². The van der Waals surface area contributed by atoms with Gasteiger partial charge < -0.3 is 15.0 Å². The van der Waals surface area contributed by atoms with Crippen LogP contribution < -0.4 is 5.32 Å². The number of hydrogen-bond acceptors (Lipinski definition) is 5. The largest absolute Gasteiger partial charge is 0.378 e. The molecule has 0 bridgehead atoms. The molecule has 2 unspecified atom stereocenters. The van der Waals surface area contributed by atoms with E-state index >= 15 is 0 Å². The number of halogens is 2. The number of ether oxygens (including phenoxy) is 1. The lowest BCUT2D eigenvalue weighted by molar-refractivity contribution is -0.137. The number of nitrogens with zero attached hydrogens (tertiary/aromatic N) is 2. The quantitative estimate of drug-likeness (QED) is 0.854. The fraction of sp³-hybridized carbons (Fsp3) is 0.750. The van der Waals surface area contributed by atoms with Crippen LogP contribution in [0.5, 0.6) is 0 Å². The Morgan fingerprint density at radius 2 is 2.25 bits per heavy atom. The van der Waals surface area contributed by atoms with Crippen molar-refractivity contribution < 1.29 is 9.53 Å². The first kappa shape index (κ1) is 21.6. The van der Waals surface area contributed by atoms with Crippen LogP contribution in [0.1, 0.15) is 49.2 Å². The third-order valence-electron chi connectivity index (χ3n) is 4.43. The molecule has 8 heteroatoms. The molecule has 5 nitrogen and oxygen atoms in total. The Morgan fingerprint density at radius 3 is 2.88 bits per heavy atom. The maximum Gasteiger partial charge on any atom is 0.242 e. The molecule has 0 aromatic carbocycles. The van der Waals surface area contributed by atoms with E-state index in [1.54, 1.807) is 11.3 Å². The molecule has 1 amide bonds. The Balaban J connectivity index is 0.00000144. The number of rotatable bonds is 3. The van der Waals surface area contributed by atoms with Gasteiger partial charge in [0.2, 0.25) is 5.91 Å². The van der Waals surface area contributed by atoms with Crippen LogP contribution >= 0.6 is 36.2 Å². The van der Waals surface area contributed by atoms with Crippen molar-refractivity contribution in [1.82, 2.24) is 15.2 Å². The molecular formula is C16H27Cl2N3O2S. The van der Waals surface area contributed by atoms with Gasteiger partial charge in [-0.3, -0.25) is 4.79 Å². The number of likely N-dealkylation sites (tertiary alicyclic amines) is 1.